The summed E-state index contributed by atoms with van der Waals surface area (Å²) in [6.45, 7) is 6.42. The first-order valence-electron chi connectivity index (χ1n) is 7.85. The summed E-state index contributed by atoms with van der Waals surface area (Å²) in [5.41, 5.74) is 3.19. The zero-order valence-corrected chi connectivity index (χ0v) is 15.8. The van der Waals surface area contributed by atoms with Crippen LogP contribution in [0.15, 0.2) is 48.7 Å². The van der Waals surface area contributed by atoms with E-state index >= 15 is 0 Å². The minimum atomic E-state index is -0.980. The predicted molar refractivity (Wildman–Crippen MR) is 104 cm³/mol. The van der Waals surface area contributed by atoms with E-state index in [-0.39, 0.29) is 11.0 Å². The largest absolute Gasteiger partial charge is 0.478 e. The van der Waals surface area contributed by atoms with Gasteiger partial charge >= 0.3 is 5.97 Å². The van der Waals surface area contributed by atoms with E-state index in [0.717, 1.165) is 26.6 Å². The van der Waals surface area contributed by atoms with Gasteiger partial charge in [-0.15, -0.1) is 11.3 Å². The van der Waals surface area contributed by atoms with Crippen molar-refractivity contribution in [2.45, 2.75) is 26.2 Å². The molecule has 0 saturated carbocycles. The van der Waals surface area contributed by atoms with Gasteiger partial charge in [0, 0.05) is 32.6 Å². The lowest BCUT2D eigenvalue weighted by Crippen LogP contribution is -2.13. The van der Waals surface area contributed by atoms with Gasteiger partial charge in [-0.05, 0) is 42.0 Å². The first-order chi connectivity index (χ1) is 11.8. The Labute approximate surface area is 155 Å². The number of benzene rings is 1. The molecule has 0 bridgehead atoms. The molecule has 1 N–H and O–H groups in total. The number of halogens is 1. The lowest BCUT2D eigenvalue weighted by atomic mass is 9.91. The highest BCUT2D eigenvalue weighted by Crippen LogP contribution is 2.38. The lowest BCUT2D eigenvalue weighted by Gasteiger charge is -2.17. The lowest BCUT2D eigenvalue weighted by molar-refractivity contribution is 0.0697. The Bertz CT molecular complexity index is 941. The quantitative estimate of drug-likeness (QED) is 0.602. The van der Waals surface area contributed by atoms with Crippen molar-refractivity contribution in [1.29, 1.82) is 0 Å². The van der Waals surface area contributed by atoms with Crippen LogP contribution in [0.1, 0.15) is 36.8 Å². The Morgan fingerprint density at radius 1 is 1.08 bits per heavy atom. The average Bonchev–Trinajstić information content (AvgIpc) is 3.03. The molecule has 3 aromatic rings. The number of nitrogens with zero attached hydrogens (tertiary/aromatic N) is 1. The summed E-state index contributed by atoms with van der Waals surface area (Å²) in [6.07, 6.45) is 1.84. The number of thiophene rings is 1. The van der Waals surface area contributed by atoms with Crippen LogP contribution in [0.3, 0.4) is 0 Å². The number of hydrogen-bond donors (Lipinski definition) is 1. The van der Waals surface area contributed by atoms with Crippen molar-refractivity contribution in [3.05, 3.63) is 64.9 Å². The number of carboxylic acid groups (broad SMARTS) is 1. The minimum absolute atomic E-state index is 0.00787. The second-order valence-electron chi connectivity index (χ2n) is 6.84. The maximum atomic E-state index is 11.0. The molecule has 3 nitrogen and oxygen atoms in total. The SMILES string of the molecule is CC(C)(C)c1cc(-c2ccc(-c3ccc(C(=O)O)cc3Cl)s2)ccn1. The molecule has 0 saturated heterocycles. The number of carboxylic acids is 1. The molecular formula is C20H18ClNO2S. The second-order valence-corrected chi connectivity index (χ2v) is 8.33. The molecule has 0 amide bonds. The number of carbonyl (C=O) groups is 1. The van der Waals surface area contributed by atoms with Crippen LogP contribution in [0.5, 0.6) is 0 Å². The number of rotatable bonds is 3. The van der Waals surface area contributed by atoms with Crippen LogP contribution in [0.4, 0.5) is 0 Å². The van der Waals surface area contributed by atoms with E-state index in [1.807, 2.05) is 18.3 Å². The topological polar surface area (TPSA) is 50.2 Å². The van der Waals surface area contributed by atoms with Crippen molar-refractivity contribution in [2.24, 2.45) is 0 Å². The summed E-state index contributed by atoms with van der Waals surface area (Å²) in [6, 6.07) is 13.0. The van der Waals surface area contributed by atoms with Gasteiger partial charge in [-0.25, -0.2) is 4.79 Å². The summed E-state index contributed by atoms with van der Waals surface area (Å²) < 4.78 is 0. The Morgan fingerprint density at radius 2 is 1.80 bits per heavy atom. The highest BCUT2D eigenvalue weighted by Gasteiger charge is 2.17. The molecule has 128 valence electrons. The zero-order valence-electron chi connectivity index (χ0n) is 14.2. The maximum absolute atomic E-state index is 11.0. The second kappa shape index (κ2) is 6.62. The Hall–Kier alpha value is -2.17. The predicted octanol–water partition coefficient (Wildman–Crippen LogP) is 6.13. The summed E-state index contributed by atoms with van der Waals surface area (Å²) in [7, 11) is 0. The molecule has 5 heteroatoms. The molecule has 0 aliphatic carbocycles. The third-order valence-corrected chi connectivity index (χ3v) is 5.38. The molecule has 0 fully saturated rings. The molecule has 2 heterocycles. The van der Waals surface area contributed by atoms with Gasteiger partial charge in [-0.3, -0.25) is 4.98 Å². The standard InChI is InChI=1S/C20H18ClNO2S/c1-20(2,3)18-11-12(8-9-22-18)16-6-7-17(25-16)14-5-4-13(19(23)24)10-15(14)21/h4-11H,1-3H3,(H,23,24). The van der Waals surface area contributed by atoms with Crippen LogP contribution in [0.25, 0.3) is 20.9 Å². The van der Waals surface area contributed by atoms with E-state index in [1.165, 1.54) is 6.07 Å². The van der Waals surface area contributed by atoms with E-state index in [2.05, 4.69) is 37.9 Å². The molecule has 0 atom stereocenters. The molecule has 0 aliphatic heterocycles. The molecular weight excluding hydrogens is 354 g/mol. The number of aromatic nitrogens is 1. The first-order valence-corrected chi connectivity index (χ1v) is 9.05. The van der Waals surface area contributed by atoms with Crippen molar-refractivity contribution in [1.82, 2.24) is 4.98 Å². The molecule has 0 aliphatic rings. The highest BCUT2D eigenvalue weighted by atomic mass is 35.5. The van der Waals surface area contributed by atoms with Crippen LogP contribution >= 0.6 is 22.9 Å². The fourth-order valence-corrected chi connectivity index (χ4v) is 3.86. The van der Waals surface area contributed by atoms with Crippen LogP contribution in [0.2, 0.25) is 5.02 Å². The van der Waals surface area contributed by atoms with Crippen molar-refractivity contribution in [3.8, 4) is 20.9 Å². The molecule has 2 aromatic heterocycles. The molecule has 0 spiro atoms. The van der Waals surface area contributed by atoms with Crippen molar-refractivity contribution >= 4 is 28.9 Å². The summed E-state index contributed by atoms with van der Waals surface area (Å²) in [4.78, 5) is 17.6. The van der Waals surface area contributed by atoms with Crippen molar-refractivity contribution in [2.75, 3.05) is 0 Å². The van der Waals surface area contributed by atoms with Gasteiger partial charge in [0.15, 0.2) is 0 Å². The van der Waals surface area contributed by atoms with Gasteiger partial charge in [0.25, 0.3) is 0 Å². The van der Waals surface area contributed by atoms with E-state index in [1.54, 1.807) is 23.5 Å². The third kappa shape index (κ3) is 3.75. The third-order valence-electron chi connectivity index (χ3n) is 3.90. The summed E-state index contributed by atoms with van der Waals surface area (Å²) >= 11 is 7.91. The van der Waals surface area contributed by atoms with Crippen molar-refractivity contribution in [3.63, 3.8) is 0 Å². The van der Waals surface area contributed by atoms with Crippen LogP contribution in [0, 0.1) is 0 Å². The smallest absolute Gasteiger partial charge is 0.335 e. The molecule has 1 aromatic carbocycles. The van der Waals surface area contributed by atoms with Gasteiger partial charge in [0.2, 0.25) is 0 Å². The average molecular weight is 372 g/mol. The highest BCUT2D eigenvalue weighted by molar-refractivity contribution is 7.18. The van der Waals surface area contributed by atoms with Gasteiger partial charge in [0.05, 0.1) is 10.6 Å². The molecule has 0 unspecified atom stereocenters. The monoisotopic (exact) mass is 371 g/mol. The Balaban J connectivity index is 1.97. The van der Waals surface area contributed by atoms with Gasteiger partial charge in [-0.1, -0.05) is 38.4 Å². The van der Waals surface area contributed by atoms with E-state index in [4.69, 9.17) is 16.7 Å². The first kappa shape index (κ1) is 17.6. The minimum Gasteiger partial charge on any atom is -0.478 e. The number of hydrogen-bond acceptors (Lipinski definition) is 3. The van der Waals surface area contributed by atoms with Crippen LogP contribution < -0.4 is 0 Å². The van der Waals surface area contributed by atoms with Gasteiger partial charge in [0.1, 0.15) is 0 Å². The Kier molecular flexibility index (Phi) is 4.67. The fourth-order valence-electron chi connectivity index (χ4n) is 2.48. The van der Waals surface area contributed by atoms with Crippen LogP contribution in [-0.4, -0.2) is 16.1 Å². The maximum Gasteiger partial charge on any atom is 0.335 e. The summed E-state index contributed by atoms with van der Waals surface area (Å²) in [5, 5.41) is 9.50. The van der Waals surface area contributed by atoms with Gasteiger partial charge < -0.3 is 5.11 Å². The van der Waals surface area contributed by atoms with E-state index in [9.17, 15) is 4.79 Å². The number of pyridine rings is 1. The van der Waals surface area contributed by atoms with Gasteiger partial charge in [-0.2, -0.15) is 0 Å². The van der Waals surface area contributed by atoms with Crippen LogP contribution in [-0.2, 0) is 5.41 Å². The van der Waals surface area contributed by atoms with Crippen molar-refractivity contribution < 1.29 is 9.90 Å². The zero-order chi connectivity index (χ0) is 18.2. The normalized spacial score (nSPS) is 11.5. The molecule has 25 heavy (non-hydrogen) atoms. The number of aromatic carboxylic acids is 1. The summed E-state index contributed by atoms with van der Waals surface area (Å²) in [5.74, 6) is -0.980. The Morgan fingerprint density at radius 3 is 2.44 bits per heavy atom. The van der Waals surface area contributed by atoms with E-state index < -0.39 is 5.97 Å². The molecule has 0 radical (unpaired) electrons. The molecule has 3 rings (SSSR count). The fraction of sp³-hybridized carbons (Fsp3) is 0.200. The van der Waals surface area contributed by atoms with E-state index in [0.29, 0.717) is 5.02 Å².